The average Bonchev–Trinajstić information content (AvgIpc) is 2.32. The Morgan fingerprint density at radius 2 is 2.06 bits per heavy atom. The highest BCUT2D eigenvalue weighted by Crippen LogP contribution is 2.27. The van der Waals surface area contributed by atoms with E-state index in [0.29, 0.717) is 11.3 Å². The molecule has 0 amide bonds. The summed E-state index contributed by atoms with van der Waals surface area (Å²) in [4.78, 5) is 12.1. The number of carbonyl (C=O) groups excluding carboxylic acids is 1. The molecule has 16 heavy (non-hydrogen) atoms. The second-order valence-corrected chi connectivity index (χ2v) is 5.21. The minimum atomic E-state index is -0.400. The number of halogens is 1. The van der Waals surface area contributed by atoms with Gasteiger partial charge in [0, 0.05) is 17.2 Å². The topological polar surface area (TPSA) is 43.1 Å². The van der Waals surface area contributed by atoms with Crippen LogP contribution in [0.25, 0.3) is 0 Å². The quantitative estimate of drug-likeness (QED) is 0.637. The molecule has 1 saturated heterocycles. The number of ketones is 1. The van der Waals surface area contributed by atoms with Crippen molar-refractivity contribution in [2.75, 3.05) is 17.2 Å². The number of anilines is 1. The smallest absolute Gasteiger partial charge is 0.168 e. The van der Waals surface area contributed by atoms with E-state index in [0.717, 1.165) is 24.3 Å². The zero-order chi connectivity index (χ0) is 11.5. The van der Waals surface area contributed by atoms with Crippen LogP contribution in [0.5, 0.6) is 0 Å². The predicted octanol–water partition coefficient (Wildman–Crippen LogP) is 2.73. The van der Waals surface area contributed by atoms with Crippen LogP contribution < -0.4 is 5.73 Å². The summed E-state index contributed by atoms with van der Waals surface area (Å²) >= 11 is 1.86. The summed E-state index contributed by atoms with van der Waals surface area (Å²) < 4.78 is 13.1. The van der Waals surface area contributed by atoms with Crippen LogP contribution in [0.3, 0.4) is 0 Å². The Morgan fingerprint density at radius 1 is 1.38 bits per heavy atom. The van der Waals surface area contributed by atoms with E-state index in [1.807, 2.05) is 11.8 Å². The highest BCUT2D eigenvalue weighted by molar-refractivity contribution is 7.99. The van der Waals surface area contributed by atoms with Crippen molar-refractivity contribution in [3.05, 3.63) is 29.6 Å². The van der Waals surface area contributed by atoms with Crippen LogP contribution in [-0.2, 0) is 0 Å². The van der Waals surface area contributed by atoms with Crippen molar-refractivity contribution >= 4 is 23.2 Å². The monoisotopic (exact) mass is 239 g/mol. The number of hydrogen-bond acceptors (Lipinski definition) is 3. The fourth-order valence-corrected chi connectivity index (χ4v) is 3.03. The minimum Gasteiger partial charge on any atom is -0.398 e. The van der Waals surface area contributed by atoms with E-state index in [1.165, 1.54) is 18.2 Å². The summed E-state index contributed by atoms with van der Waals surface area (Å²) in [6, 6.07) is 3.99. The summed E-state index contributed by atoms with van der Waals surface area (Å²) in [6.45, 7) is 0. The van der Waals surface area contributed by atoms with Crippen LogP contribution in [0.1, 0.15) is 23.2 Å². The van der Waals surface area contributed by atoms with Gasteiger partial charge in [0.15, 0.2) is 5.78 Å². The third-order valence-electron chi connectivity index (χ3n) is 2.87. The Bertz CT molecular complexity index is 402. The van der Waals surface area contributed by atoms with E-state index in [2.05, 4.69) is 0 Å². The van der Waals surface area contributed by atoms with Gasteiger partial charge in [0.2, 0.25) is 0 Å². The lowest BCUT2D eigenvalue weighted by atomic mass is 9.92. The number of hydrogen-bond donors (Lipinski definition) is 1. The summed E-state index contributed by atoms with van der Waals surface area (Å²) in [7, 11) is 0. The highest BCUT2D eigenvalue weighted by Gasteiger charge is 2.24. The number of nitrogen functional groups attached to an aromatic ring is 1. The third kappa shape index (κ3) is 2.38. The fourth-order valence-electron chi connectivity index (χ4n) is 1.92. The van der Waals surface area contributed by atoms with Crippen molar-refractivity contribution in [1.82, 2.24) is 0 Å². The first-order valence-electron chi connectivity index (χ1n) is 5.35. The number of thioether (sulfide) groups is 1. The number of nitrogens with two attached hydrogens (primary N) is 1. The number of carbonyl (C=O) groups is 1. The molecule has 2 nitrogen and oxygen atoms in total. The Labute approximate surface area is 98.4 Å². The van der Waals surface area contributed by atoms with Crippen LogP contribution in [0.15, 0.2) is 18.2 Å². The molecule has 0 aromatic heterocycles. The van der Waals surface area contributed by atoms with Crippen molar-refractivity contribution in [2.45, 2.75) is 12.8 Å². The van der Waals surface area contributed by atoms with E-state index >= 15 is 0 Å². The molecule has 1 aliphatic heterocycles. The van der Waals surface area contributed by atoms with Gasteiger partial charge in [-0.3, -0.25) is 4.79 Å². The van der Waals surface area contributed by atoms with Crippen LogP contribution in [0.2, 0.25) is 0 Å². The van der Waals surface area contributed by atoms with Gasteiger partial charge in [0.1, 0.15) is 5.82 Å². The van der Waals surface area contributed by atoms with E-state index < -0.39 is 5.82 Å². The Kier molecular flexibility index (Phi) is 3.49. The van der Waals surface area contributed by atoms with Gasteiger partial charge in [-0.15, -0.1) is 0 Å². The lowest BCUT2D eigenvalue weighted by Crippen LogP contribution is -2.21. The number of rotatable bonds is 2. The maximum absolute atomic E-state index is 13.1. The maximum Gasteiger partial charge on any atom is 0.168 e. The lowest BCUT2D eigenvalue weighted by Gasteiger charge is -2.20. The Morgan fingerprint density at radius 3 is 2.75 bits per heavy atom. The van der Waals surface area contributed by atoms with Crippen molar-refractivity contribution in [3.8, 4) is 0 Å². The van der Waals surface area contributed by atoms with Gasteiger partial charge in [0.05, 0.1) is 0 Å². The summed E-state index contributed by atoms with van der Waals surface area (Å²) in [5.74, 6) is 1.63. The molecule has 86 valence electrons. The van der Waals surface area contributed by atoms with Gasteiger partial charge < -0.3 is 5.73 Å². The molecule has 1 heterocycles. The minimum absolute atomic E-state index is 0.00250. The van der Waals surface area contributed by atoms with E-state index in [1.54, 1.807) is 0 Å². The van der Waals surface area contributed by atoms with Crippen molar-refractivity contribution in [2.24, 2.45) is 5.92 Å². The van der Waals surface area contributed by atoms with Gasteiger partial charge in [0.25, 0.3) is 0 Å². The zero-order valence-electron chi connectivity index (χ0n) is 8.91. The molecule has 0 radical (unpaired) electrons. The molecule has 2 N–H and O–H groups in total. The van der Waals surface area contributed by atoms with Crippen LogP contribution in [0.4, 0.5) is 10.1 Å². The normalized spacial score (nSPS) is 17.3. The third-order valence-corrected chi connectivity index (χ3v) is 3.92. The second-order valence-electron chi connectivity index (χ2n) is 3.98. The van der Waals surface area contributed by atoms with Crippen LogP contribution in [-0.4, -0.2) is 17.3 Å². The lowest BCUT2D eigenvalue weighted by molar-refractivity contribution is 0.0913. The largest absolute Gasteiger partial charge is 0.398 e. The number of benzene rings is 1. The Balaban J connectivity index is 2.22. The molecule has 1 aromatic carbocycles. The van der Waals surface area contributed by atoms with E-state index in [9.17, 15) is 9.18 Å². The van der Waals surface area contributed by atoms with Gasteiger partial charge in [-0.2, -0.15) is 11.8 Å². The molecule has 0 atom stereocenters. The first-order valence-corrected chi connectivity index (χ1v) is 6.51. The molecule has 4 heteroatoms. The van der Waals surface area contributed by atoms with Crippen molar-refractivity contribution < 1.29 is 9.18 Å². The Hall–Kier alpha value is -1.03. The molecule has 0 saturated carbocycles. The highest BCUT2D eigenvalue weighted by atomic mass is 32.2. The summed E-state index contributed by atoms with van der Waals surface area (Å²) in [5, 5.41) is 0. The van der Waals surface area contributed by atoms with E-state index in [-0.39, 0.29) is 11.7 Å². The fraction of sp³-hybridized carbons (Fsp3) is 0.417. The van der Waals surface area contributed by atoms with Gasteiger partial charge in [-0.25, -0.2) is 4.39 Å². The molecule has 2 rings (SSSR count). The van der Waals surface area contributed by atoms with Crippen LogP contribution in [0, 0.1) is 11.7 Å². The number of Topliss-reactive ketones (excluding diaryl/α,β-unsaturated/α-hetero) is 1. The molecule has 0 spiro atoms. The first kappa shape index (κ1) is 11.5. The summed E-state index contributed by atoms with van der Waals surface area (Å²) in [6.07, 6.45) is 1.75. The first-order chi connectivity index (χ1) is 7.68. The van der Waals surface area contributed by atoms with Gasteiger partial charge >= 0.3 is 0 Å². The van der Waals surface area contributed by atoms with E-state index in [4.69, 9.17) is 5.73 Å². The van der Waals surface area contributed by atoms with Crippen LogP contribution >= 0.6 is 11.8 Å². The van der Waals surface area contributed by atoms with Crippen molar-refractivity contribution in [3.63, 3.8) is 0 Å². The predicted molar refractivity (Wildman–Crippen MR) is 65.2 cm³/mol. The molecular formula is C12H14FNOS. The molecule has 1 fully saturated rings. The van der Waals surface area contributed by atoms with Crippen molar-refractivity contribution in [1.29, 1.82) is 0 Å². The molecule has 1 aliphatic rings. The van der Waals surface area contributed by atoms with Gasteiger partial charge in [-0.05, 0) is 42.5 Å². The SMILES string of the molecule is Nc1ccc(F)cc1C(=O)C1CCSCC1. The molecule has 0 unspecified atom stereocenters. The maximum atomic E-state index is 13.1. The summed E-state index contributed by atoms with van der Waals surface area (Å²) in [5.41, 5.74) is 6.43. The molecular weight excluding hydrogens is 225 g/mol. The second kappa shape index (κ2) is 4.87. The zero-order valence-corrected chi connectivity index (χ0v) is 9.73. The average molecular weight is 239 g/mol. The standard InChI is InChI=1S/C12H14FNOS/c13-9-1-2-11(14)10(7-9)12(15)8-3-5-16-6-4-8/h1-2,7-8H,3-6,14H2. The molecule has 0 aliphatic carbocycles. The molecule has 1 aromatic rings. The van der Waals surface area contributed by atoms with Gasteiger partial charge in [-0.1, -0.05) is 0 Å². The molecule has 0 bridgehead atoms.